The van der Waals surface area contributed by atoms with Crippen molar-refractivity contribution in [3.8, 4) is 0 Å². The second kappa shape index (κ2) is 4.36. The number of aryl methyl sites for hydroxylation is 1. The highest BCUT2D eigenvalue weighted by Crippen LogP contribution is 2.17. The zero-order chi connectivity index (χ0) is 8.97. The fourth-order valence-corrected chi connectivity index (χ4v) is 1.62. The van der Waals surface area contributed by atoms with Crippen molar-refractivity contribution in [2.24, 2.45) is 0 Å². The number of thioether (sulfide) groups is 1. The Hall–Kier alpha value is -0.690. The van der Waals surface area contributed by atoms with Gasteiger partial charge in [-0.1, -0.05) is 29.8 Å². The summed E-state index contributed by atoms with van der Waals surface area (Å²) in [5.74, 6) is 0. The van der Waals surface area contributed by atoms with E-state index >= 15 is 0 Å². The summed E-state index contributed by atoms with van der Waals surface area (Å²) in [4.78, 5) is 0. The van der Waals surface area contributed by atoms with Crippen molar-refractivity contribution in [1.29, 1.82) is 0 Å². The molecule has 12 heavy (non-hydrogen) atoms. The molecule has 0 aromatic heterocycles. The van der Waals surface area contributed by atoms with Gasteiger partial charge in [0.25, 0.3) is 0 Å². The van der Waals surface area contributed by atoms with E-state index in [1.807, 2.05) is 0 Å². The molecule has 0 heterocycles. The van der Waals surface area contributed by atoms with Gasteiger partial charge in [0.05, 0.1) is 0 Å². The van der Waals surface area contributed by atoms with E-state index in [0.29, 0.717) is 0 Å². The molecular formula is C11H14S. The summed E-state index contributed by atoms with van der Waals surface area (Å²) in [5, 5.41) is 2.18. The largest absolute Gasteiger partial charge is 0.137 e. The third-order valence-electron chi connectivity index (χ3n) is 1.77. The van der Waals surface area contributed by atoms with Crippen LogP contribution in [0.5, 0.6) is 0 Å². The summed E-state index contributed by atoms with van der Waals surface area (Å²) in [6, 6.07) is 8.58. The highest BCUT2D eigenvalue weighted by molar-refractivity contribution is 8.01. The predicted octanol–water partition coefficient (Wildman–Crippen LogP) is 3.72. The molecule has 0 atom stereocenters. The maximum atomic E-state index is 2.21. The summed E-state index contributed by atoms with van der Waals surface area (Å²) in [5.41, 5.74) is 3.98. The van der Waals surface area contributed by atoms with Crippen LogP contribution >= 0.6 is 11.8 Å². The number of rotatable bonds is 2. The van der Waals surface area contributed by atoms with Crippen molar-refractivity contribution in [3.05, 3.63) is 40.8 Å². The molecule has 0 nitrogen and oxygen atoms in total. The van der Waals surface area contributed by atoms with Gasteiger partial charge in [0.15, 0.2) is 0 Å². The topological polar surface area (TPSA) is 0 Å². The molecule has 0 bridgehead atoms. The molecule has 0 aliphatic rings. The summed E-state index contributed by atoms with van der Waals surface area (Å²) >= 11 is 1.75. The van der Waals surface area contributed by atoms with Gasteiger partial charge in [0.2, 0.25) is 0 Å². The van der Waals surface area contributed by atoms with Gasteiger partial charge in [-0.2, -0.15) is 0 Å². The Morgan fingerprint density at radius 2 is 2.17 bits per heavy atom. The SMILES string of the molecule is CS/C=C(\C)c1cccc(C)c1. The second-order valence-corrected chi connectivity index (χ2v) is 3.61. The molecule has 0 aliphatic heterocycles. The smallest absolute Gasteiger partial charge is 0.0142 e. The van der Waals surface area contributed by atoms with E-state index in [2.05, 4.69) is 49.8 Å². The zero-order valence-electron chi connectivity index (χ0n) is 7.79. The van der Waals surface area contributed by atoms with Crippen LogP contribution in [0.3, 0.4) is 0 Å². The fourth-order valence-electron chi connectivity index (χ4n) is 1.14. The molecule has 1 heteroatoms. The van der Waals surface area contributed by atoms with Crippen molar-refractivity contribution in [2.45, 2.75) is 13.8 Å². The fraction of sp³-hybridized carbons (Fsp3) is 0.273. The third kappa shape index (κ3) is 2.42. The van der Waals surface area contributed by atoms with Crippen molar-refractivity contribution >= 4 is 17.3 Å². The Kier molecular flexibility index (Phi) is 3.42. The maximum Gasteiger partial charge on any atom is -0.0142 e. The lowest BCUT2D eigenvalue weighted by molar-refractivity contribution is 1.44. The molecule has 0 aliphatic carbocycles. The van der Waals surface area contributed by atoms with Crippen LogP contribution in [-0.4, -0.2) is 6.26 Å². The van der Waals surface area contributed by atoms with Crippen LogP contribution in [0.2, 0.25) is 0 Å². The first kappa shape index (κ1) is 9.40. The summed E-state index contributed by atoms with van der Waals surface area (Å²) in [7, 11) is 0. The molecule has 0 fully saturated rings. The molecule has 0 saturated carbocycles. The Labute approximate surface area is 78.7 Å². The maximum absolute atomic E-state index is 2.21. The monoisotopic (exact) mass is 178 g/mol. The highest BCUT2D eigenvalue weighted by Gasteiger charge is 1.93. The number of benzene rings is 1. The minimum Gasteiger partial charge on any atom is -0.137 e. The van der Waals surface area contributed by atoms with Crippen LogP contribution in [0.1, 0.15) is 18.1 Å². The Bertz CT molecular complexity index is 287. The van der Waals surface area contributed by atoms with Gasteiger partial charge in [-0.05, 0) is 36.6 Å². The van der Waals surface area contributed by atoms with E-state index in [0.717, 1.165) is 0 Å². The van der Waals surface area contributed by atoms with Crippen molar-refractivity contribution in [3.63, 3.8) is 0 Å². The van der Waals surface area contributed by atoms with Gasteiger partial charge in [-0.15, -0.1) is 11.8 Å². The predicted molar refractivity (Wildman–Crippen MR) is 58.3 cm³/mol. The minimum absolute atomic E-state index is 1.32. The quantitative estimate of drug-likeness (QED) is 0.665. The van der Waals surface area contributed by atoms with E-state index in [1.54, 1.807) is 11.8 Å². The number of allylic oxidation sites excluding steroid dienone is 1. The van der Waals surface area contributed by atoms with E-state index in [9.17, 15) is 0 Å². The van der Waals surface area contributed by atoms with Crippen LogP contribution in [0.4, 0.5) is 0 Å². The van der Waals surface area contributed by atoms with E-state index in [1.165, 1.54) is 16.7 Å². The van der Waals surface area contributed by atoms with E-state index < -0.39 is 0 Å². The molecule has 1 aromatic rings. The minimum atomic E-state index is 1.32. The number of hydrogen-bond acceptors (Lipinski definition) is 1. The average Bonchev–Trinajstić information content (AvgIpc) is 2.05. The van der Waals surface area contributed by atoms with Crippen LogP contribution in [0.15, 0.2) is 29.7 Å². The van der Waals surface area contributed by atoms with Crippen LogP contribution in [0, 0.1) is 6.92 Å². The van der Waals surface area contributed by atoms with Crippen molar-refractivity contribution in [2.75, 3.05) is 6.26 Å². The molecule has 0 N–H and O–H groups in total. The lowest BCUT2D eigenvalue weighted by Crippen LogP contribution is -1.79. The van der Waals surface area contributed by atoms with Crippen molar-refractivity contribution in [1.82, 2.24) is 0 Å². The van der Waals surface area contributed by atoms with E-state index in [4.69, 9.17) is 0 Å². The molecule has 64 valence electrons. The van der Waals surface area contributed by atoms with Crippen molar-refractivity contribution < 1.29 is 0 Å². The molecule has 0 radical (unpaired) electrons. The van der Waals surface area contributed by atoms with Crippen LogP contribution in [0.25, 0.3) is 5.57 Å². The third-order valence-corrected chi connectivity index (χ3v) is 2.36. The normalized spacial score (nSPS) is 11.8. The average molecular weight is 178 g/mol. The lowest BCUT2D eigenvalue weighted by Gasteiger charge is -2.01. The van der Waals surface area contributed by atoms with Gasteiger partial charge in [0, 0.05) is 0 Å². The molecular weight excluding hydrogens is 164 g/mol. The summed E-state index contributed by atoms with van der Waals surface area (Å²) in [6.45, 7) is 4.27. The van der Waals surface area contributed by atoms with Gasteiger partial charge in [-0.25, -0.2) is 0 Å². The van der Waals surface area contributed by atoms with Crippen LogP contribution < -0.4 is 0 Å². The van der Waals surface area contributed by atoms with Gasteiger partial charge in [-0.3, -0.25) is 0 Å². The molecule has 0 unspecified atom stereocenters. The van der Waals surface area contributed by atoms with Gasteiger partial charge in [0.1, 0.15) is 0 Å². The van der Waals surface area contributed by atoms with E-state index in [-0.39, 0.29) is 0 Å². The summed E-state index contributed by atoms with van der Waals surface area (Å²) < 4.78 is 0. The molecule has 0 spiro atoms. The molecule has 1 aromatic carbocycles. The zero-order valence-corrected chi connectivity index (χ0v) is 8.61. The number of hydrogen-bond donors (Lipinski definition) is 0. The Morgan fingerprint density at radius 1 is 1.42 bits per heavy atom. The Balaban J connectivity index is 2.95. The first-order valence-electron chi connectivity index (χ1n) is 4.00. The lowest BCUT2D eigenvalue weighted by atomic mass is 10.1. The first-order valence-corrected chi connectivity index (χ1v) is 5.29. The molecule has 1 rings (SSSR count). The molecule has 0 saturated heterocycles. The van der Waals surface area contributed by atoms with Gasteiger partial charge < -0.3 is 0 Å². The summed E-state index contributed by atoms with van der Waals surface area (Å²) in [6.07, 6.45) is 2.08. The van der Waals surface area contributed by atoms with Crippen LogP contribution in [-0.2, 0) is 0 Å². The first-order chi connectivity index (χ1) is 5.74. The highest BCUT2D eigenvalue weighted by atomic mass is 32.2. The second-order valence-electron chi connectivity index (χ2n) is 2.91. The van der Waals surface area contributed by atoms with Gasteiger partial charge >= 0.3 is 0 Å². The molecule has 0 amide bonds. The standard InChI is InChI=1S/C11H14S/c1-9-5-4-6-11(7-9)10(2)8-12-3/h4-8H,1-3H3/b10-8+. The Morgan fingerprint density at radius 3 is 2.75 bits per heavy atom.